The van der Waals surface area contributed by atoms with Gasteiger partial charge in [-0.2, -0.15) is 0 Å². The highest BCUT2D eigenvalue weighted by molar-refractivity contribution is 6.33. The molecule has 1 unspecified atom stereocenters. The second-order valence-corrected chi connectivity index (χ2v) is 10.2. The Hall–Kier alpha value is -2.72. The second-order valence-electron chi connectivity index (χ2n) is 9.78. The summed E-state index contributed by atoms with van der Waals surface area (Å²) < 4.78 is 11.4. The molecule has 2 aromatic heterocycles. The largest absolute Gasteiger partial charge is 0.378 e. The van der Waals surface area contributed by atoms with Crippen LogP contribution in [0.4, 0.5) is 5.69 Å². The molecule has 2 atom stereocenters. The number of aromatic amines is 1. The number of H-pyrrole nitrogens is 1. The minimum atomic E-state index is -0.636. The molecule has 0 bridgehead atoms. The molecule has 35 heavy (non-hydrogen) atoms. The van der Waals surface area contributed by atoms with Crippen molar-refractivity contribution in [1.82, 2.24) is 19.8 Å². The summed E-state index contributed by atoms with van der Waals surface area (Å²) in [6.45, 7) is 8.61. The fourth-order valence-electron chi connectivity index (χ4n) is 4.95. The first-order valence-electron chi connectivity index (χ1n) is 11.9. The Kier molecular flexibility index (Phi) is 6.43. The van der Waals surface area contributed by atoms with E-state index in [2.05, 4.69) is 15.3 Å². The van der Waals surface area contributed by atoms with Crippen LogP contribution in [0.1, 0.15) is 20.8 Å². The molecule has 2 aliphatic rings. The first kappa shape index (κ1) is 24.0. The van der Waals surface area contributed by atoms with Crippen molar-refractivity contribution in [1.29, 1.82) is 0 Å². The SMILES string of the molecule is CC(C(=O)N1CCOCC1)N1CC(C)(C)OC[C@H]1C(=O)Nc1cc(Cl)cc2c1[nH]c1cnccc12. The van der Waals surface area contributed by atoms with Crippen molar-refractivity contribution < 1.29 is 19.1 Å². The van der Waals surface area contributed by atoms with E-state index in [1.54, 1.807) is 18.5 Å². The van der Waals surface area contributed by atoms with Gasteiger partial charge < -0.3 is 24.7 Å². The molecule has 5 rings (SSSR count). The summed E-state index contributed by atoms with van der Waals surface area (Å²) in [7, 11) is 0. The summed E-state index contributed by atoms with van der Waals surface area (Å²) in [5.74, 6) is -0.250. The van der Waals surface area contributed by atoms with Gasteiger partial charge in [-0.25, -0.2) is 0 Å². The molecule has 2 fully saturated rings. The Labute approximate surface area is 208 Å². The average molecular weight is 500 g/mol. The number of anilines is 1. The highest BCUT2D eigenvalue weighted by Crippen LogP contribution is 2.34. The zero-order chi connectivity index (χ0) is 24.7. The Balaban J connectivity index is 1.43. The Morgan fingerprint density at radius 3 is 2.80 bits per heavy atom. The number of nitrogens with one attached hydrogen (secondary N) is 2. The van der Waals surface area contributed by atoms with Crippen molar-refractivity contribution in [2.75, 3.05) is 44.8 Å². The molecule has 0 aliphatic carbocycles. The van der Waals surface area contributed by atoms with Crippen LogP contribution in [0.5, 0.6) is 0 Å². The van der Waals surface area contributed by atoms with Gasteiger partial charge in [0.15, 0.2) is 0 Å². The first-order chi connectivity index (χ1) is 16.7. The van der Waals surface area contributed by atoms with Gasteiger partial charge in [-0.3, -0.25) is 19.5 Å². The normalized spacial score (nSPS) is 21.8. The number of hydrogen-bond donors (Lipinski definition) is 2. The zero-order valence-electron chi connectivity index (χ0n) is 20.1. The molecule has 2 aliphatic heterocycles. The number of rotatable bonds is 4. The smallest absolute Gasteiger partial charge is 0.244 e. The molecule has 3 aromatic rings. The number of fused-ring (bicyclic) bond motifs is 3. The number of carbonyl (C=O) groups is 2. The van der Waals surface area contributed by atoms with Crippen molar-refractivity contribution in [3.05, 3.63) is 35.6 Å². The van der Waals surface area contributed by atoms with Crippen molar-refractivity contribution in [3.63, 3.8) is 0 Å². The molecule has 2 N–H and O–H groups in total. The molecule has 2 saturated heterocycles. The summed E-state index contributed by atoms with van der Waals surface area (Å²) in [5.41, 5.74) is 1.72. The summed E-state index contributed by atoms with van der Waals surface area (Å²) in [6.07, 6.45) is 3.47. The number of carbonyl (C=O) groups excluding carboxylic acids is 2. The highest BCUT2D eigenvalue weighted by atomic mass is 35.5. The lowest BCUT2D eigenvalue weighted by molar-refractivity contribution is -0.159. The summed E-state index contributed by atoms with van der Waals surface area (Å²) in [5, 5.41) is 5.43. The number of ether oxygens (including phenoxy) is 2. The van der Waals surface area contributed by atoms with Crippen LogP contribution >= 0.6 is 11.6 Å². The van der Waals surface area contributed by atoms with Crippen LogP contribution in [0.25, 0.3) is 21.8 Å². The third-order valence-corrected chi connectivity index (χ3v) is 7.03. The molecule has 9 nitrogen and oxygen atoms in total. The number of hydrogen-bond acceptors (Lipinski definition) is 6. The Morgan fingerprint density at radius 2 is 2.03 bits per heavy atom. The van der Waals surface area contributed by atoms with Gasteiger partial charge in [0.05, 0.1) is 54.4 Å². The fraction of sp³-hybridized carbons (Fsp3) is 0.480. The standard InChI is InChI=1S/C25H30ClN5O4/c1-15(24(33)30-6-8-34-9-7-30)31-14-25(2,3)35-13-21(31)23(32)29-19-11-16(26)10-18-17-4-5-27-12-20(17)28-22(18)19/h4-5,10-12,15,21,28H,6-9,13-14H2,1-3H3,(H,29,32)/t15?,21-/m0/s1. The summed E-state index contributed by atoms with van der Waals surface area (Å²) in [4.78, 5) is 38.2. The van der Waals surface area contributed by atoms with E-state index in [-0.39, 0.29) is 18.4 Å². The number of pyridine rings is 1. The van der Waals surface area contributed by atoms with E-state index in [0.717, 1.165) is 21.8 Å². The van der Waals surface area contributed by atoms with Crippen LogP contribution in [0.15, 0.2) is 30.6 Å². The van der Waals surface area contributed by atoms with E-state index in [0.29, 0.717) is 43.6 Å². The molecule has 4 heterocycles. The Morgan fingerprint density at radius 1 is 1.26 bits per heavy atom. The lowest BCUT2D eigenvalue weighted by Gasteiger charge is -2.46. The van der Waals surface area contributed by atoms with Crippen molar-refractivity contribution in [3.8, 4) is 0 Å². The van der Waals surface area contributed by atoms with Gasteiger partial charge in [0.2, 0.25) is 11.8 Å². The van der Waals surface area contributed by atoms with E-state index in [1.165, 1.54) is 0 Å². The second kappa shape index (κ2) is 9.39. The van der Waals surface area contributed by atoms with Crippen LogP contribution in [0.2, 0.25) is 5.02 Å². The highest BCUT2D eigenvalue weighted by Gasteiger charge is 2.42. The van der Waals surface area contributed by atoms with Gasteiger partial charge in [-0.1, -0.05) is 11.6 Å². The molecule has 0 radical (unpaired) electrons. The lowest BCUT2D eigenvalue weighted by atomic mass is 10.0. The van der Waals surface area contributed by atoms with E-state index in [1.807, 2.05) is 42.7 Å². The van der Waals surface area contributed by atoms with E-state index in [4.69, 9.17) is 21.1 Å². The number of benzene rings is 1. The van der Waals surface area contributed by atoms with Crippen molar-refractivity contribution >= 4 is 50.9 Å². The van der Waals surface area contributed by atoms with Gasteiger partial charge in [0.25, 0.3) is 0 Å². The maximum absolute atomic E-state index is 13.6. The molecular formula is C25H30ClN5O4. The van der Waals surface area contributed by atoms with E-state index >= 15 is 0 Å². The summed E-state index contributed by atoms with van der Waals surface area (Å²) >= 11 is 6.42. The van der Waals surface area contributed by atoms with Crippen LogP contribution in [-0.4, -0.2) is 88.7 Å². The topological polar surface area (TPSA) is 99.8 Å². The molecule has 0 spiro atoms. The Bertz CT molecular complexity index is 1270. The monoisotopic (exact) mass is 499 g/mol. The fourth-order valence-corrected chi connectivity index (χ4v) is 5.17. The van der Waals surface area contributed by atoms with Gasteiger partial charge >= 0.3 is 0 Å². The first-order valence-corrected chi connectivity index (χ1v) is 12.2. The van der Waals surface area contributed by atoms with Crippen LogP contribution < -0.4 is 5.32 Å². The molecule has 2 amide bonds. The molecule has 10 heteroatoms. The van der Waals surface area contributed by atoms with Gasteiger partial charge in [-0.05, 0) is 39.0 Å². The third kappa shape index (κ3) is 4.73. The zero-order valence-corrected chi connectivity index (χ0v) is 20.9. The predicted molar refractivity (Wildman–Crippen MR) is 135 cm³/mol. The maximum Gasteiger partial charge on any atom is 0.244 e. The van der Waals surface area contributed by atoms with Crippen LogP contribution in [-0.2, 0) is 19.1 Å². The molecule has 186 valence electrons. The molecular weight excluding hydrogens is 470 g/mol. The number of amides is 2. The number of aromatic nitrogens is 2. The molecule has 0 saturated carbocycles. The number of morpholine rings is 2. The summed E-state index contributed by atoms with van der Waals surface area (Å²) in [6, 6.07) is 4.39. The van der Waals surface area contributed by atoms with E-state index < -0.39 is 17.7 Å². The minimum Gasteiger partial charge on any atom is -0.378 e. The van der Waals surface area contributed by atoms with Crippen LogP contribution in [0.3, 0.4) is 0 Å². The molecule has 1 aromatic carbocycles. The van der Waals surface area contributed by atoms with E-state index in [9.17, 15) is 9.59 Å². The van der Waals surface area contributed by atoms with Gasteiger partial charge in [0.1, 0.15) is 6.04 Å². The predicted octanol–water partition coefficient (Wildman–Crippen LogP) is 3.03. The minimum absolute atomic E-state index is 0.00272. The van der Waals surface area contributed by atoms with Crippen LogP contribution in [0, 0.1) is 0 Å². The quantitative estimate of drug-likeness (QED) is 0.572. The average Bonchev–Trinajstić information content (AvgIpc) is 3.22. The maximum atomic E-state index is 13.6. The van der Waals surface area contributed by atoms with Crippen molar-refractivity contribution in [2.24, 2.45) is 0 Å². The lowest BCUT2D eigenvalue weighted by Crippen LogP contribution is -2.63. The number of halogens is 1. The number of nitrogens with zero attached hydrogens (tertiary/aromatic N) is 3. The van der Waals surface area contributed by atoms with Crippen molar-refractivity contribution in [2.45, 2.75) is 38.5 Å². The third-order valence-electron chi connectivity index (χ3n) is 6.81. The van der Waals surface area contributed by atoms with Gasteiger partial charge in [0, 0.05) is 41.6 Å². The van der Waals surface area contributed by atoms with Gasteiger partial charge in [-0.15, -0.1) is 0 Å².